The Labute approximate surface area is 117 Å². The summed E-state index contributed by atoms with van der Waals surface area (Å²) in [5.41, 5.74) is 0. The highest BCUT2D eigenvalue weighted by molar-refractivity contribution is 7.89. The number of halogens is 1. The van der Waals surface area contributed by atoms with Crippen LogP contribution in [0.25, 0.3) is 0 Å². The second-order valence-electron chi connectivity index (χ2n) is 4.47. The van der Waals surface area contributed by atoms with Gasteiger partial charge in [0, 0.05) is 24.0 Å². The van der Waals surface area contributed by atoms with Crippen LogP contribution in [0, 0.1) is 0 Å². The van der Waals surface area contributed by atoms with E-state index in [0.29, 0.717) is 18.0 Å². The van der Waals surface area contributed by atoms with Gasteiger partial charge in [-0.25, -0.2) is 13.1 Å². The summed E-state index contributed by atoms with van der Waals surface area (Å²) in [7, 11) is -3.60. The Hall–Kier alpha value is -1.11. The Morgan fingerprint density at radius 2 is 1.95 bits per heavy atom. The normalized spacial score (nSPS) is 20.7. The van der Waals surface area contributed by atoms with Crippen LogP contribution in [0.3, 0.4) is 0 Å². The third-order valence-electron chi connectivity index (χ3n) is 2.93. The van der Waals surface area contributed by atoms with Crippen LogP contribution in [-0.4, -0.2) is 26.9 Å². The topological polar surface area (TPSA) is 75.3 Å². The zero-order chi connectivity index (χ0) is 13.9. The minimum atomic E-state index is -3.60. The number of carbonyl (C=O) groups excluding carboxylic acids is 1. The summed E-state index contributed by atoms with van der Waals surface area (Å²) in [5.74, 6) is -0.124. The summed E-state index contributed by atoms with van der Waals surface area (Å²) in [6.45, 7) is 0.595. The minimum absolute atomic E-state index is 0.124. The van der Waals surface area contributed by atoms with Gasteiger partial charge in [0.1, 0.15) is 0 Å². The number of benzene rings is 1. The van der Waals surface area contributed by atoms with Gasteiger partial charge < -0.3 is 5.32 Å². The molecule has 1 saturated heterocycles. The van der Waals surface area contributed by atoms with E-state index in [-0.39, 0.29) is 23.3 Å². The largest absolute Gasteiger partial charge is 0.356 e. The second kappa shape index (κ2) is 5.90. The van der Waals surface area contributed by atoms with E-state index >= 15 is 0 Å². The summed E-state index contributed by atoms with van der Waals surface area (Å²) >= 11 is 5.73. The van der Waals surface area contributed by atoms with Crippen molar-refractivity contribution in [2.24, 2.45) is 0 Å². The van der Waals surface area contributed by atoms with E-state index in [9.17, 15) is 13.2 Å². The van der Waals surface area contributed by atoms with Crippen LogP contribution in [0.4, 0.5) is 0 Å². The Bertz CT molecular complexity index is 557. The van der Waals surface area contributed by atoms with E-state index in [1.807, 2.05) is 0 Å². The third-order valence-corrected chi connectivity index (χ3v) is 4.72. The van der Waals surface area contributed by atoms with Gasteiger partial charge in [0.25, 0.3) is 0 Å². The van der Waals surface area contributed by atoms with Crippen LogP contribution in [0.15, 0.2) is 29.2 Å². The first-order valence-corrected chi connectivity index (χ1v) is 7.88. The molecule has 1 heterocycles. The molecule has 1 fully saturated rings. The first-order chi connectivity index (χ1) is 8.97. The summed E-state index contributed by atoms with van der Waals surface area (Å²) in [6.07, 6.45) is 1.58. The molecule has 1 aliphatic rings. The van der Waals surface area contributed by atoms with Gasteiger partial charge in [-0.05, 0) is 37.1 Å². The standard InChI is InChI=1S/C12H15ClN2O3S/c13-9-3-5-11(6-4-9)19(17,18)15-10-2-1-7-14-12(16)8-10/h3-6,10,15H,1-2,7-8H2,(H,14,16). The number of hydrogen-bond donors (Lipinski definition) is 2. The molecule has 0 aliphatic carbocycles. The van der Waals surface area contributed by atoms with Crippen molar-refractivity contribution in [3.63, 3.8) is 0 Å². The zero-order valence-corrected chi connectivity index (χ0v) is 11.8. The molecule has 0 aromatic heterocycles. The van der Waals surface area contributed by atoms with E-state index in [1.165, 1.54) is 24.3 Å². The molecule has 0 spiro atoms. The molecule has 0 bridgehead atoms. The molecule has 7 heteroatoms. The van der Waals surface area contributed by atoms with Crippen LogP contribution < -0.4 is 10.0 Å². The first kappa shape index (κ1) is 14.3. The van der Waals surface area contributed by atoms with E-state index < -0.39 is 10.0 Å². The highest BCUT2D eigenvalue weighted by Gasteiger charge is 2.23. The van der Waals surface area contributed by atoms with Crippen molar-refractivity contribution in [2.45, 2.75) is 30.2 Å². The molecule has 5 nitrogen and oxygen atoms in total. The summed E-state index contributed by atoms with van der Waals surface area (Å²) in [5, 5.41) is 3.20. The minimum Gasteiger partial charge on any atom is -0.356 e. The van der Waals surface area contributed by atoms with Crippen molar-refractivity contribution in [2.75, 3.05) is 6.54 Å². The molecule has 0 saturated carbocycles. The molecule has 2 N–H and O–H groups in total. The fourth-order valence-corrected chi connectivity index (χ4v) is 3.37. The second-order valence-corrected chi connectivity index (χ2v) is 6.62. The predicted molar refractivity (Wildman–Crippen MR) is 72.4 cm³/mol. The van der Waals surface area contributed by atoms with Crippen molar-refractivity contribution in [1.29, 1.82) is 0 Å². The highest BCUT2D eigenvalue weighted by Crippen LogP contribution is 2.16. The van der Waals surface area contributed by atoms with E-state index in [2.05, 4.69) is 10.0 Å². The summed E-state index contributed by atoms with van der Waals surface area (Å²) in [6, 6.07) is 5.58. The van der Waals surface area contributed by atoms with Crippen molar-refractivity contribution < 1.29 is 13.2 Å². The molecule has 19 heavy (non-hydrogen) atoms. The van der Waals surface area contributed by atoms with Gasteiger partial charge >= 0.3 is 0 Å². The molecule has 1 atom stereocenters. The number of carbonyl (C=O) groups is 1. The van der Waals surface area contributed by atoms with Crippen molar-refractivity contribution in [1.82, 2.24) is 10.0 Å². The Balaban J connectivity index is 2.12. The van der Waals surface area contributed by atoms with Gasteiger partial charge in [-0.15, -0.1) is 0 Å². The van der Waals surface area contributed by atoms with E-state index in [4.69, 9.17) is 11.6 Å². The third kappa shape index (κ3) is 3.92. The molecule has 1 aliphatic heterocycles. The van der Waals surface area contributed by atoms with Crippen molar-refractivity contribution in [3.8, 4) is 0 Å². The van der Waals surface area contributed by atoms with E-state index in [1.54, 1.807) is 0 Å². The number of sulfonamides is 1. The first-order valence-electron chi connectivity index (χ1n) is 6.02. The van der Waals surface area contributed by atoms with Crippen molar-refractivity contribution in [3.05, 3.63) is 29.3 Å². The maximum atomic E-state index is 12.1. The average molecular weight is 303 g/mol. The number of nitrogens with one attached hydrogen (secondary N) is 2. The van der Waals surface area contributed by atoms with Gasteiger partial charge in [0.15, 0.2) is 0 Å². The summed E-state index contributed by atoms with van der Waals surface area (Å²) < 4.78 is 26.9. The maximum absolute atomic E-state index is 12.1. The lowest BCUT2D eigenvalue weighted by Gasteiger charge is -2.15. The molecule has 1 aromatic rings. The van der Waals surface area contributed by atoms with E-state index in [0.717, 1.165) is 6.42 Å². The van der Waals surface area contributed by atoms with Crippen LogP contribution in [0.1, 0.15) is 19.3 Å². The number of rotatable bonds is 3. The lowest BCUT2D eigenvalue weighted by atomic mass is 10.1. The Morgan fingerprint density at radius 3 is 2.63 bits per heavy atom. The van der Waals surface area contributed by atoms with Crippen molar-refractivity contribution >= 4 is 27.5 Å². The SMILES string of the molecule is O=C1CC(NS(=O)(=O)c2ccc(Cl)cc2)CCCN1. The molecular weight excluding hydrogens is 288 g/mol. The smallest absolute Gasteiger partial charge is 0.240 e. The Kier molecular flexibility index (Phi) is 4.44. The van der Waals surface area contributed by atoms with Crippen LogP contribution in [0.2, 0.25) is 5.02 Å². The van der Waals surface area contributed by atoms with Gasteiger partial charge in [0.05, 0.1) is 4.90 Å². The molecule has 1 amide bonds. The molecule has 1 aromatic carbocycles. The lowest BCUT2D eigenvalue weighted by molar-refractivity contribution is -0.121. The van der Waals surface area contributed by atoms with Crippen LogP contribution >= 0.6 is 11.6 Å². The highest BCUT2D eigenvalue weighted by atomic mass is 35.5. The lowest BCUT2D eigenvalue weighted by Crippen LogP contribution is -2.36. The molecule has 0 radical (unpaired) electrons. The molecular formula is C12H15ClN2O3S. The quantitative estimate of drug-likeness (QED) is 0.883. The molecule has 104 valence electrons. The van der Waals surface area contributed by atoms with Gasteiger partial charge in [0.2, 0.25) is 15.9 Å². The van der Waals surface area contributed by atoms with Crippen LogP contribution in [-0.2, 0) is 14.8 Å². The maximum Gasteiger partial charge on any atom is 0.240 e. The number of hydrogen-bond acceptors (Lipinski definition) is 3. The summed E-state index contributed by atoms with van der Waals surface area (Å²) in [4.78, 5) is 11.6. The Morgan fingerprint density at radius 1 is 1.26 bits per heavy atom. The van der Waals surface area contributed by atoms with Gasteiger partial charge in [-0.2, -0.15) is 0 Å². The van der Waals surface area contributed by atoms with Gasteiger partial charge in [-0.3, -0.25) is 4.79 Å². The van der Waals surface area contributed by atoms with Gasteiger partial charge in [-0.1, -0.05) is 11.6 Å². The molecule has 1 unspecified atom stereocenters. The molecule has 2 rings (SSSR count). The zero-order valence-electron chi connectivity index (χ0n) is 10.2. The average Bonchev–Trinajstić information content (AvgIpc) is 2.53. The predicted octanol–water partition coefficient (Wildman–Crippen LogP) is 1.29. The fraction of sp³-hybridized carbons (Fsp3) is 0.417. The van der Waals surface area contributed by atoms with Crippen LogP contribution in [0.5, 0.6) is 0 Å². The monoisotopic (exact) mass is 302 g/mol. The fourth-order valence-electron chi connectivity index (χ4n) is 1.98. The number of amides is 1.